The molecule has 0 fully saturated rings. The molecular weight excluding hydrogens is 244 g/mol. The van der Waals surface area contributed by atoms with Crippen LogP contribution in [0, 0.1) is 0 Å². The SMILES string of the molecule is CC(C)N(C(=O)Cn1cc(CCCO)nn1)C(C)C. The molecule has 108 valence electrons. The summed E-state index contributed by atoms with van der Waals surface area (Å²) in [5.74, 6) is 0.0450. The van der Waals surface area contributed by atoms with E-state index in [1.807, 2.05) is 32.6 Å². The molecule has 19 heavy (non-hydrogen) atoms. The van der Waals surface area contributed by atoms with E-state index in [-0.39, 0.29) is 31.1 Å². The summed E-state index contributed by atoms with van der Waals surface area (Å²) in [6.45, 7) is 8.37. The van der Waals surface area contributed by atoms with Crippen LogP contribution in [0.4, 0.5) is 0 Å². The zero-order valence-electron chi connectivity index (χ0n) is 12.2. The third-order valence-electron chi connectivity index (χ3n) is 2.88. The predicted molar refractivity (Wildman–Crippen MR) is 72.5 cm³/mol. The van der Waals surface area contributed by atoms with Gasteiger partial charge in [0.2, 0.25) is 5.91 Å². The van der Waals surface area contributed by atoms with E-state index in [1.165, 1.54) is 0 Å². The molecule has 1 amide bonds. The number of aliphatic hydroxyl groups is 1. The van der Waals surface area contributed by atoms with Crippen molar-refractivity contribution >= 4 is 5.91 Å². The van der Waals surface area contributed by atoms with Gasteiger partial charge >= 0.3 is 0 Å². The minimum Gasteiger partial charge on any atom is -0.396 e. The molecule has 0 saturated heterocycles. The molecule has 6 nitrogen and oxygen atoms in total. The molecule has 0 spiro atoms. The Kier molecular flexibility index (Phi) is 5.95. The number of aryl methyl sites for hydroxylation is 1. The number of aromatic nitrogens is 3. The van der Waals surface area contributed by atoms with Crippen LogP contribution in [0.25, 0.3) is 0 Å². The Hall–Kier alpha value is -1.43. The van der Waals surface area contributed by atoms with Crippen LogP contribution in [-0.4, -0.2) is 49.6 Å². The normalized spacial score (nSPS) is 11.3. The molecule has 1 N–H and O–H groups in total. The van der Waals surface area contributed by atoms with E-state index < -0.39 is 0 Å². The Morgan fingerprint density at radius 1 is 1.37 bits per heavy atom. The largest absolute Gasteiger partial charge is 0.396 e. The first kappa shape index (κ1) is 15.6. The molecular formula is C13H24N4O2. The molecule has 1 rings (SSSR count). The van der Waals surface area contributed by atoms with Crippen LogP contribution in [0.3, 0.4) is 0 Å². The molecule has 1 aromatic rings. The van der Waals surface area contributed by atoms with E-state index in [9.17, 15) is 4.79 Å². The number of rotatable bonds is 7. The highest BCUT2D eigenvalue weighted by Gasteiger charge is 2.20. The quantitative estimate of drug-likeness (QED) is 0.795. The molecule has 1 heterocycles. The van der Waals surface area contributed by atoms with Crippen molar-refractivity contribution in [3.63, 3.8) is 0 Å². The minimum atomic E-state index is 0.0450. The number of nitrogens with zero attached hydrogens (tertiary/aromatic N) is 4. The summed E-state index contributed by atoms with van der Waals surface area (Å²) < 4.78 is 1.56. The maximum absolute atomic E-state index is 12.2. The van der Waals surface area contributed by atoms with E-state index in [4.69, 9.17) is 5.11 Å². The van der Waals surface area contributed by atoms with E-state index >= 15 is 0 Å². The Labute approximate surface area is 114 Å². The van der Waals surface area contributed by atoms with Gasteiger partial charge in [-0.15, -0.1) is 5.10 Å². The minimum absolute atomic E-state index is 0.0450. The van der Waals surface area contributed by atoms with Crippen LogP contribution in [0.1, 0.15) is 39.8 Å². The van der Waals surface area contributed by atoms with E-state index in [2.05, 4.69) is 10.3 Å². The Balaban J connectivity index is 2.62. The number of aliphatic hydroxyl groups excluding tert-OH is 1. The third-order valence-corrected chi connectivity index (χ3v) is 2.88. The van der Waals surface area contributed by atoms with Crippen LogP contribution in [0.2, 0.25) is 0 Å². The maximum Gasteiger partial charge on any atom is 0.244 e. The van der Waals surface area contributed by atoms with Gasteiger partial charge in [-0.2, -0.15) is 0 Å². The zero-order valence-corrected chi connectivity index (χ0v) is 12.2. The lowest BCUT2D eigenvalue weighted by Crippen LogP contribution is -2.43. The lowest BCUT2D eigenvalue weighted by Gasteiger charge is -2.30. The van der Waals surface area contributed by atoms with Crippen LogP contribution in [0.5, 0.6) is 0 Å². The first-order valence-corrected chi connectivity index (χ1v) is 6.76. The van der Waals surface area contributed by atoms with Crippen LogP contribution in [-0.2, 0) is 17.8 Å². The highest BCUT2D eigenvalue weighted by molar-refractivity contribution is 5.76. The molecule has 0 saturated carbocycles. The molecule has 0 bridgehead atoms. The van der Waals surface area contributed by atoms with Crippen LogP contribution in [0.15, 0.2) is 6.20 Å². The van der Waals surface area contributed by atoms with E-state index in [0.29, 0.717) is 12.8 Å². The number of hydrogen-bond donors (Lipinski definition) is 1. The highest BCUT2D eigenvalue weighted by Crippen LogP contribution is 2.07. The fourth-order valence-electron chi connectivity index (χ4n) is 2.18. The predicted octanol–water partition coefficient (Wildman–Crippen LogP) is 0.848. The van der Waals surface area contributed by atoms with Gasteiger partial charge in [-0.3, -0.25) is 4.79 Å². The molecule has 6 heteroatoms. The summed E-state index contributed by atoms with van der Waals surface area (Å²) in [6.07, 6.45) is 3.12. The van der Waals surface area contributed by atoms with Gasteiger partial charge in [0.15, 0.2) is 0 Å². The molecule has 0 atom stereocenters. The molecule has 0 aromatic carbocycles. The van der Waals surface area contributed by atoms with Gasteiger partial charge in [-0.25, -0.2) is 4.68 Å². The van der Waals surface area contributed by atoms with Crippen LogP contribution < -0.4 is 0 Å². The topological polar surface area (TPSA) is 71.2 Å². The second-order valence-electron chi connectivity index (χ2n) is 5.22. The average molecular weight is 268 g/mol. The summed E-state index contributed by atoms with van der Waals surface area (Å²) in [5.41, 5.74) is 0.808. The second kappa shape index (κ2) is 7.23. The summed E-state index contributed by atoms with van der Waals surface area (Å²) in [7, 11) is 0. The monoisotopic (exact) mass is 268 g/mol. The van der Waals surface area contributed by atoms with E-state index in [0.717, 1.165) is 5.69 Å². The van der Waals surface area contributed by atoms with Gasteiger partial charge in [0.25, 0.3) is 0 Å². The van der Waals surface area contributed by atoms with Crippen molar-refractivity contribution in [1.82, 2.24) is 19.9 Å². The van der Waals surface area contributed by atoms with Gasteiger partial charge in [0, 0.05) is 24.9 Å². The summed E-state index contributed by atoms with van der Waals surface area (Å²) in [6, 6.07) is 0.342. The summed E-state index contributed by atoms with van der Waals surface area (Å²) >= 11 is 0. The molecule has 1 aromatic heterocycles. The lowest BCUT2D eigenvalue weighted by molar-refractivity contribution is -0.135. The molecule has 0 unspecified atom stereocenters. The smallest absolute Gasteiger partial charge is 0.244 e. The summed E-state index contributed by atoms with van der Waals surface area (Å²) in [5, 5.41) is 16.7. The number of hydrogen-bond acceptors (Lipinski definition) is 4. The highest BCUT2D eigenvalue weighted by atomic mass is 16.2. The lowest BCUT2D eigenvalue weighted by atomic mass is 10.2. The number of carbonyl (C=O) groups excluding carboxylic acids is 1. The number of amides is 1. The van der Waals surface area contributed by atoms with Gasteiger partial charge in [0.1, 0.15) is 6.54 Å². The van der Waals surface area contributed by atoms with Crippen molar-refractivity contribution in [1.29, 1.82) is 0 Å². The van der Waals surface area contributed by atoms with Crippen molar-refractivity contribution in [3.05, 3.63) is 11.9 Å². The average Bonchev–Trinajstić information content (AvgIpc) is 2.72. The summed E-state index contributed by atoms with van der Waals surface area (Å²) in [4.78, 5) is 14.1. The third kappa shape index (κ3) is 4.63. The standard InChI is InChI=1S/C13H24N4O2/c1-10(2)17(11(3)4)13(19)9-16-8-12(14-15-16)6-5-7-18/h8,10-11,18H,5-7,9H2,1-4H3. The first-order chi connectivity index (χ1) is 8.95. The fourth-order valence-corrected chi connectivity index (χ4v) is 2.18. The molecule has 0 aliphatic carbocycles. The second-order valence-corrected chi connectivity index (χ2v) is 5.22. The number of carbonyl (C=O) groups is 1. The Morgan fingerprint density at radius 3 is 2.53 bits per heavy atom. The molecule has 0 radical (unpaired) electrons. The molecule has 0 aliphatic rings. The van der Waals surface area contributed by atoms with Crippen molar-refractivity contribution in [2.75, 3.05) is 6.61 Å². The van der Waals surface area contributed by atoms with Gasteiger partial charge in [-0.05, 0) is 40.5 Å². The fraction of sp³-hybridized carbons (Fsp3) is 0.769. The van der Waals surface area contributed by atoms with Crippen molar-refractivity contribution in [2.24, 2.45) is 0 Å². The van der Waals surface area contributed by atoms with Gasteiger partial charge < -0.3 is 10.0 Å². The van der Waals surface area contributed by atoms with Crippen molar-refractivity contribution in [2.45, 2.75) is 59.2 Å². The molecule has 0 aliphatic heterocycles. The maximum atomic E-state index is 12.2. The van der Waals surface area contributed by atoms with E-state index in [1.54, 1.807) is 10.9 Å². The van der Waals surface area contributed by atoms with Gasteiger partial charge in [-0.1, -0.05) is 5.21 Å². The Morgan fingerprint density at radius 2 is 2.00 bits per heavy atom. The first-order valence-electron chi connectivity index (χ1n) is 6.76. The van der Waals surface area contributed by atoms with Crippen LogP contribution >= 0.6 is 0 Å². The Bertz CT molecular complexity index is 393. The van der Waals surface area contributed by atoms with Crippen molar-refractivity contribution in [3.8, 4) is 0 Å². The van der Waals surface area contributed by atoms with Gasteiger partial charge in [0.05, 0.1) is 5.69 Å². The zero-order chi connectivity index (χ0) is 14.4. The van der Waals surface area contributed by atoms with Crippen molar-refractivity contribution < 1.29 is 9.90 Å².